The highest BCUT2D eigenvalue weighted by atomic mass is 32.2. The topological polar surface area (TPSA) is 116 Å². The third-order valence-corrected chi connectivity index (χ3v) is 8.85. The van der Waals surface area contributed by atoms with Crippen molar-refractivity contribution in [1.82, 2.24) is 14.9 Å². The monoisotopic (exact) mass is 499 g/mol. The Morgan fingerprint density at radius 1 is 1.11 bits per heavy atom. The molecule has 2 aromatic rings. The number of sulfonamides is 1. The fourth-order valence-electron chi connectivity index (χ4n) is 5.08. The summed E-state index contributed by atoms with van der Waals surface area (Å²) in [5.41, 5.74) is -0.0244. The average Bonchev–Trinajstić information content (AvgIpc) is 2.96. The molecule has 2 amide bonds. The molecule has 2 unspecified atom stereocenters. The molecule has 2 atom stereocenters. The third-order valence-electron chi connectivity index (χ3n) is 6.53. The smallest absolute Gasteiger partial charge is 0.405 e. The summed E-state index contributed by atoms with van der Waals surface area (Å²) in [5, 5.41) is 14.7. The largest absolute Gasteiger partial charge is 0.465 e. The van der Waals surface area contributed by atoms with E-state index in [4.69, 9.17) is 0 Å². The predicted molar refractivity (Wildman–Crippen MR) is 134 cm³/mol. The Morgan fingerprint density at radius 3 is 2.26 bits per heavy atom. The van der Waals surface area contributed by atoms with Crippen molar-refractivity contribution in [2.24, 2.45) is 0 Å². The van der Waals surface area contributed by atoms with E-state index in [2.05, 4.69) is 17.2 Å². The van der Waals surface area contributed by atoms with Crippen LogP contribution in [0, 0.1) is 0 Å². The van der Waals surface area contributed by atoms with Crippen molar-refractivity contribution in [3.8, 4) is 0 Å². The molecule has 1 heterocycles. The zero-order chi connectivity index (χ0) is 26.0. The molecule has 1 saturated heterocycles. The standard InChI is InChI=1S/C26H33N3O5S/c1-6-23(30)28-22-17-25(2,3)29(26(22,4)5)35(33,34)20-14-12-19(13-15-20)21(27-24(31)32)16-18-10-8-7-9-11-18/h6-15,21-22,27H,1,16-17H2,2-5H3,(H,28,30)(H,31,32). The quantitative estimate of drug-likeness (QED) is 0.477. The van der Waals surface area contributed by atoms with E-state index in [1.54, 1.807) is 26.0 Å². The van der Waals surface area contributed by atoms with Gasteiger partial charge in [-0.1, -0.05) is 49.0 Å². The number of nitrogens with one attached hydrogen (secondary N) is 2. The second-order valence-electron chi connectivity index (χ2n) is 9.97. The van der Waals surface area contributed by atoms with E-state index in [1.807, 2.05) is 44.2 Å². The summed E-state index contributed by atoms with van der Waals surface area (Å²) in [6, 6.07) is 14.8. The Hall–Kier alpha value is -3.17. The van der Waals surface area contributed by atoms with Crippen LogP contribution in [0.3, 0.4) is 0 Å². The molecule has 35 heavy (non-hydrogen) atoms. The third kappa shape index (κ3) is 5.57. The normalized spacial score (nSPS) is 20.1. The van der Waals surface area contributed by atoms with Crippen LogP contribution < -0.4 is 10.6 Å². The van der Waals surface area contributed by atoms with Gasteiger partial charge in [0, 0.05) is 11.6 Å². The van der Waals surface area contributed by atoms with Gasteiger partial charge in [-0.15, -0.1) is 0 Å². The van der Waals surface area contributed by atoms with Gasteiger partial charge >= 0.3 is 6.09 Å². The van der Waals surface area contributed by atoms with Crippen molar-refractivity contribution in [3.63, 3.8) is 0 Å². The average molecular weight is 500 g/mol. The van der Waals surface area contributed by atoms with Gasteiger partial charge in [-0.05, 0) is 69.9 Å². The van der Waals surface area contributed by atoms with Gasteiger partial charge in [-0.2, -0.15) is 4.31 Å². The van der Waals surface area contributed by atoms with E-state index in [0.29, 0.717) is 18.4 Å². The first-order valence-electron chi connectivity index (χ1n) is 11.4. The molecule has 188 valence electrons. The van der Waals surface area contributed by atoms with Crippen LogP contribution in [0.4, 0.5) is 4.79 Å². The van der Waals surface area contributed by atoms with Crippen LogP contribution in [0.5, 0.6) is 0 Å². The number of hydrogen-bond donors (Lipinski definition) is 3. The van der Waals surface area contributed by atoms with Crippen molar-refractivity contribution >= 4 is 22.0 Å². The van der Waals surface area contributed by atoms with E-state index in [1.165, 1.54) is 22.5 Å². The molecule has 3 rings (SSSR count). The van der Waals surface area contributed by atoms with E-state index >= 15 is 0 Å². The Balaban J connectivity index is 1.92. The first kappa shape index (κ1) is 26.4. The van der Waals surface area contributed by atoms with Gasteiger partial charge in [0.25, 0.3) is 0 Å². The first-order valence-corrected chi connectivity index (χ1v) is 12.8. The van der Waals surface area contributed by atoms with E-state index < -0.39 is 39.3 Å². The van der Waals surface area contributed by atoms with Crippen LogP contribution in [-0.4, -0.2) is 46.9 Å². The number of nitrogens with zero attached hydrogens (tertiary/aromatic N) is 1. The molecule has 0 aromatic heterocycles. The second-order valence-corrected chi connectivity index (χ2v) is 11.8. The summed E-state index contributed by atoms with van der Waals surface area (Å²) < 4.78 is 29.1. The fourth-order valence-corrected chi connectivity index (χ4v) is 7.24. The number of benzene rings is 2. The molecular formula is C26H33N3O5S. The lowest BCUT2D eigenvalue weighted by atomic mass is 9.94. The predicted octanol–water partition coefficient (Wildman–Crippen LogP) is 3.86. The summed E-state index contributed by atoms with van der Waals surface area (Å²) in [5.74, 6) is -0.349. The fraction of sp³-hybridized carbons (Fsp3) is 0.385. The summed E-state index contributed by atoms with van der Waals surface area (Å²) in [6.45, 7) is 10.8. The summed E-state index contributed by atoms with van der Waals surface area (Å²) in [4.78, 5) is 23.5. The Labute approximate surface area is 207 Å². The minimum Gasteiger partial charge on any atom is -0.465 e. The zero-order valence-electron chi connectivity index (χ0n) is 20.5. The maximum absolute atomic E-state index is 13.8. The molecule has 1 fully saturated rings. The van der Waals surface area contributed by atoms with Gasteiger partial charge < -0.3 is 15.7 Å². The summed E-state index contributed by atoms with van der Waals surface area (Å²) in [7, 11) is -3.93. The molecule has 0 saturated carbocycles. The lowest BCUT2D eigenvalue weighted by Crippen LogP contribution is -2.56. The van der Waals surface area contributed by atoms with Crippen molar-refractivity contribution in [2.75, 3.05) is 0 Å². The Morgan fingerprint density at radius 2 is 1.71 bits per heavy atom. The van der Waals surface area contributed by atoms with E-state index in [0.717, 1.165) is 5.56 Å². The second kappa shape index (κ2) is 9.83. The van der Waals surface area contributed by atoms with Crippen molar-refractivity contribution in [3.05, 3.63) is 78.4 Å². The molecule has 3 N–H and O–H groups in total. The number of carbonyl (C=O) groups excluding carboxylic acids is 1. The van der Waals surface area contributed by atoms with Gasteiger partial charge in [0.1, 0.15) is 0 Å². The minimum absolute atomic E-state index is 0.104. The van der Waals surface area contributed by atoms with Crippen molar-refractivity contribution in [1.29, 1.82) is 0 Å². The lowest BCUT2D eigenvalue weighted by Gasteiger charge is -2.40. The molecule has 8 nitrogen and oxygen atoms in total. The number of hydrogen-bond acceptors (Lipinski definition) is 4. The molecule has 1 aliphatic rings. The van der Waals surface area contributed by atoms with Gasteiger partial charge in [0.2, 0.25) is 15.9 Å². The van der Waals surface area contributed by atoms with Gasteiger partial charge in [-0.3, -0.25) is 4.79 Å². The van der Waals surface area contributed by atoms with E-state index in [9.17, 15) is 23.1 Å². The molecule has 9 heteroatoms. The van der Waals surface area contributed by atoms with Gasteiger partial charge in [-0.25, -0.2) is 13.2 Å². The number of carboxylic acid groups (broad SMARTS) is 1. The molecule has 2 aromatic carbocycles. The maximum atomic E-state index is 13.8. The molecular weight excluding hydrogens is 466 g/mol. The van der Waals surface area contributed by atoms with Gasteiger partial charge in [0.15, 0.2) is 0 Å². The highest BCUT2D eigenvalue weighted by molar-refractivity contribution is 7.89. The highest BCUT2D eigenvalue weighted by Crippen LogP contribution is 2.44. The minimum atomic E-state index is -3.93. The van der Waals surface area contributed by atoms with Crippen LogP contribution in [0.25, 0.3) is 0 Å². The Kier molecular flexibility index (Phi) is 7.42. The van der Waals surface area contributed by atoms with Gasteiger partial charge in [0.05, 0.1) is 16.5 Å². The number of amides is 2. The molecule has 0 radical (unpaired) electrons. The zero-order valence-corrected chi connectivity index (χ0v) is 21.3. The van der Waals surface area contributed by atoms with Crippen LogP contribution in [0.1, 0.15) is 51.3 Å². The molecule has 1 aliphatic heterocycles. The highest BCUT2D eigenvalue weighted by Gasteiger charge is 2.57. The SMILES string of the molecule is C=CC(=O)NC1CC(C)(C)N(S(=O)(=O)c2ccc(C(Cc3ccccc3)NC(=O)O)cc2)C1(C)C. The number of rotatable bonds is 8. The van der Waals surface area contributed by atoms with Crippen LogP contribution in [-0.2, 0) is 21.2 Å². The van der Waals surface area contributed by atoms with Crippen molar-refractivity contribution < 1.29 is 23.1 Å². The van der Waals surface area contributed by atoms with E-state index in [-0.39, 0.29) is 10.8 Å². The number of carbonyl (C=O) groups is 2. The first-order chi connectivity index (χ1) is 16.3. The molecule has 0 aliphatic carbocycles. The summed E-state index contributed by atoms with van der Waals surface area (Å²) >= 11 is 0. The van der Waals surface area contributed by atoms with Crippen LogP contribution in [0.15, 0.2) is 72.1 Å². The van der Waals surface area contributed by atoms with Crippen LogP contribution >= 0.6 is 0 Å². The molecule has 0 spiro atoms. The van der Waals surface area contributed by atoms with Crippen LogP contribution in [0.2, 0.25) is 0 Å². The Bertz CT molecular complexity index is 1190. The molecule has 0 bridgehead atoms. The maximum Gasteiger partial charge on any atom is 0.405 e. The van der Waals surface area contributed by atoms with Crippen molar-refractivity contribution in [2.45, 2.75) is 68.6 Å². The lowest BCUT2D eigenvalue weighted by molar-refractivity contribution is -0.117. The summed E-state index contributed by atoms with van der Waals surface area (Å²) in [6.07, 6.45) is 0.890.